The Morgan fingerprint density at radius 3 is 3.00 bits per heavy atom. The zero-order chi connectivity index (χ0) is 8.67. The standard InChI is InChI=1S/C12H19N/c1-2-6-10(5-1)13-12-7-3-4-9-8-11(9)12/h1,5,9-13H,2-4,6-8H2. The fourth-order valence-electron chi connectivity index (χ4n) is 3.16. The molecule has 0 aliphatic heterocycles. The average molecular weight is 177 g/mol. The lowest BCUT2D eigenvalue weighted by Gasteiger charge is -2.25. The van der Waals surface area contributed by atoms with Crippen molar-refractivity contribution in [2.45, 2.75) is 50.6 Å². The van der Waals surface area contributed by atoms with Crippen molar-refractivity contribution in [1.29, 1.82) is 0 Å². The van der Waals surface area contributed by atoms with Gasteiger partial charge >= 0.3 is 0 Å². The Morgan fingerprint density at radius 2 is 2.15 bits per heavy atom. The third kappa shape index (κ3) is 1.54. The van der Waals surface area contributed by atoms with E-state index in [1.165, 1.54) is 38.5 Å². The van der Waals surface area contributed by atoms with Gasteiger partial charge in [0.2, 0.25) is 0 Å². The molecule has 0 spiro atoms. The van der Waals surface area contributed by atoms with E-state index in [1.807, 2.05) is 0 Å². The van der Waals surface area contributed by atoms with Crippen LogP contribution in [0.25, 0.3) is 0 Å². The van der Waals surface area contributed by atoms with Crippen molar-refractivity contribution in [1.82, 2.24) is 5.32 Å². The molecule has 0 saturated heterocycles. The van der Waals surface area contributed by atoms with Crippen molar-refractivity contribution in [3.63, 3.8) is 0 Å². The van der Waals surface area contributed by atoms with Gasteiger partial charge in [-0.1, -0.05) is 25.0 Å². The molecular formula is C12H19N. The zero-order valence-electron chi connectivity index (χ0n) is 8.21. The van der Waals surface area contributed by atoms with Gasteiger partial charge in [0.25, 0.3) is 0 Å². The lowest BCUT2D eigenvalue weighted by atomic mass is 9.95. The molecule has 0 aromatic carbocycles. The molecule has 2 fully saturated rings. The van der Waals surface area contributed by atoms with Crippen LogP contribution in [0.2, 0.25) is 0 Å². The van der Waals surface area contributed by atoms with Crippen molar-refractivity contribution in [3.05, 3.63) is 12.2 Å². The fraction of sp³-hybridized carbons (Fsp3) is 0.833. The average Bonchev–Trinajstić information content (AvgIpc) is 2.77. The number of hydrogen-bond donors (Lipinski definition) is 1. The summed E-state index contributed by atoms with van der Waals surface area (Å²) in [6.07, 6.45) is 13.3. The summed E-state index contributed by atoms with van der Waals surface area (Å²) in [6, 6.07) is 1.58. The zero-order valence-corrected chi connectivity index (χ0v) is 8.21. The highest BCUT2D eigenvalue weighted by atomic mass is 15.0. The highest BCUT2D eigenvalue weighted by Gasteiger charge is 2.45. The minimum absolute atomic E-state index is 0.712. The van der Waals surface area contributed by atoms with Crippen LogP contribution >= 0.6 is 0 Å². The molecule has 0 bridgehead atoms. The molecule has 72 valence electrons. The highest BCUT2D eigenvalue weighted by Crippen LogP contribution is 2.49. The molecule has 2 saturated carbocycles. The third-order valence-electron chi connectivity index (χ3n) is 4.03. The van der Waals surface area contributed by atoms with E-state index in [0.29, 0.717) is 6.04 Å². The maximum absolute atomic E-state index is 3.82. The summed E-state index contributed by atoms with van der Waals surface area (Å²) in [5.74, 6) is 2.17. The molecule has 1 nitrogen and oxygen atoms in total. The maximum atomic E-state index is 3.82. The molecule has 3 aliphatic carbocycles. The second-order valence-electron chi connectivity index (χ2n) is 4.98. The van der Waals surface area contributed by atoms with Gasteiger partial charge in [0.05, 0.1) is 0 Å². The van der Waals surface area contributed by atoms with E-state index in [0.717, 1.165) is 17.9 Å². The van der Waals surface area contributed by atoms with Crippen molar-refractivity contribution in [2.75, 3.05) is 0 Å². The summed E-state index contributed by atoms with van der Waals surface area (Å²) in [4.78, 5) is 0. The Labute approximate surface area is 80.6 Å². The highest BCUT2D eigenvalue weighted by molar-refractivity contribution is 5.05. The fourth-order valence-corrected chi connectivity index (χ4v) is 3.16. The van der Waals surface area contributed by atoms with E-state index in [4.69, 9.17) is 0 Å². The van der Waals surface area contributed by atoms with Crippen LogP contribution in [0, 0.1) is 11.8 Å². The van der Waals surface area contributed by atoms with Crippen molar-refractivity contribution >= 4 is 0 Å². The van der Waals surface area contributed by atoms with Gasteiger partial charge in [-0.3, -0.25) is 0 Å². The van der Waals surface area contributed by atoms with Gasteiger partial charge in [-0.05, 0) is 37.5 Å². The Morgan fingerprint density at radius 1 is 1.15 bits per heavy atom. The normalized spacial score (nSPS) is 47.7. The summed E-state index contributed by atoms with van der Waals surface area (Å²) in [7, 11) is 0. The second-order valence-corrected chi connectivity index (χ2v) is 4.98. The first kappa shape index (κ1) is 8.05. The molecule has 3 aliphatic rings. The molecule has 0 aromatic rings. The van der Waals surface area contributed by atoms with Gasteiger partial charge in [0.1, 0.15) is 0 Å². The monoisotopic (exact) mass is 177 g/mol. The molecule has 1 heteroatoms. The number of rotatable bonds is 2. The topological polar surface area (TPSA) is 12.0 Å². The van der Waals surface area contributed by atoms with E-state index in [2.05, 4.69) is 17.5 Å². The quantitative estimate of drug-likeness (QED) is 0.639. The van der Waals surface area contributed by atoms with Crippen LogP contribution in [0.5, 0.6) is 0 Å². The van der Waals surface area contributed by atoms with Crippen molar-refractivity contribution < 1.29 is 0 Å². The first-order chi connectivity index (χ1) is 6.43. The van der Waals surface area contributed by atoms with E-state index >= 15 is 0 Å². The van der Waals surface area contributed by atoms with Gasteiger partial charge in [-0.15, -0.1) is 0 Å². The molecule has 3 rings (SSSR count). The second kappa shape index (κ2) is 3.13. The van der Waals surface area contributed by atoms with Gasteiger partial charge in [0, 0.05) is 12.1 Å². The summed E-state index contributed by atoms with van der Waals surface area (Å²) >= 11 is 0. The van der Waals surface area contributed by atoms with Gasteiger partial charge in [-0.25, -0.2) is 0 Å². The third-order valence-corrected chi connectivity index (χ3v) is 4.03. The van der Waals surface area contributed by atoms with Crippen molar-refractivity contribution in [3.8, 4) is 0 Å². The number of fused-ring (bicyclic) bond motifs is 1. The van der Waals surface area contributed by atoms with Gasteiger partial charge in [0.15, 0.2) is 0 Å². The predicted octanol–water partition coefficient (Wildman–Crippen LogP) is 2.48. The molecular weight excluding hydrogens is 158 g/mol. The molecule has 0 heterocycles. The summed E-state index contributed by atoms with van der Waals surface area (Å²) in [6.45, 7) is 0. The minimum atomic E-state index is 0.712. The Balaban J connectivity index is 1.56. The molecule has 4 unspecified atom stereocenters. The van der Waals surface area contributed by atoms with Gasteiger partial charge < -0.3 is 5.32 Å². The molecule has 13 heavy (non-hydrogen) atoms. The van der Waals surface area contributed by atoms with E-state index in [1.54, 1.807) is 0 Å². The molecule has 0 radical (unpaired) electrons. The van der Waals surface area contributed by atoms with Crippen LogP contribution < -0.4 is 5.32 Å². The molecule has 0 aromatic heterocycles. The van der Waals surface area contributed by atoms with E-state index in [-0.39, 0.29) is 0 Å². The van der Waals surface area contributed by atoms with Crippen LogP contribution in [0.4, 0.5) is 0 Å². The molecule has 0 amide bonds. The van der Waals surface area contributed by atoms with E-state index < -0.39 is 0 Å². The van der Waals surface area contributed by atoms with Crippen molar-refractivity contribution in [2.24, 2.45) is 11.8 Å². The van der Waals surface area contributed by atoms with E-state index in [9.17, 15) is 0 Å². The van der Waals surface area contributed by atoms with Crippen LogP contribution in [-0.4, -0.2) is 12.1 Å². The summed E-state index contributed by atoms with van der Waals surface area (Å²) in [5, 5.41) is 3.82. The Bertz CT molecular complexity index is 221. The minimum Gasteiger partial charge on any atom is -0.307 e. The predicted molar refractivity (Wildman–Crippen MR) is 54.5 cm³/mol. The largest absolute Gasteiger partial charge is 0.307 e. The number of hydrogen-bond acceptors (Lipinski definition) is 1. The van der Waals surface area contributed by atoms with Crippen LogP contribution in [-0.2, 0) is 0 Å². The lowest BCUT2D eigenvalue weighted by molar-refractivity contribution is 0.335. The maximum Gasteiger partial charge on any atom is 0.0255 e. The summed E-state index contributed by atoms with van der Waals surface area (Å²) < 4.78 is 0. The Kier molecular flexibility index (Phi) is 1.93. The molecule has 1 N–H and O–H groups in total. The first-order valence-electron chi connectivity index (χ1n) is 5.86. The smallest absolute Gasteiger partial charge is 0.0255 e. The SMILES string of the molecule is C1=CC(NC2CCCC3CC32)CC1. The number of allylic oxidation sites excluding steroid dienone is 1. The Hall–Kier alpha value is -0.300. The van der Waals surface area contributed by atoms with Gasteiger partial charge in [-0.2, -0.15) is 0 Å². The van der Waals surface area contributed by atoms with Crippen LogP contribution in [0.15, 0.2) is 12.2 Å². The first-order valence-corrected chi connectivity index (χ1v) is 5.86. The number of nitrogens with one attached hydrogen (secondary N) is 1. The van der Waals surface area contributed by atoms with Crippen LogP contribution in [0.1, 0.15) is 38.5 Å². The molecule has 4 atom stereocenters. The van der Waals surface area contributed by atoms with Crippen LogP contribution in [0.3, 0.4) is 0 Å². The summed E-state index contributed by atoms with van der Waals surface area (Å²) in [5.41, 5.74) is 0. The lowest BCUT2D eigenvalue weighted by Crippen LogP contribution is -2.39.